The molecular formula is C14H16ClN3S. The number of hydrogen-bond acceptors (Lipinski definition) is 4. The van der Waals surface area contributed by atoms with Crippen molar-refractivity contribution < 1.29 is 0 Å². The summed E-state index contributed by atoms with van der Waals surface area (Å²) in [6.45, 7) is 1.36. The van der Waals surface area contributed by atoms with E-state index in [-0.39, 0.29) is 0 Å². The van der Waals surface area contributed by atoms with Gasteiger partial charge in [-0.3, -0.25) is 0 Å². The summed E-state index contributed by atoms with van der Waals surface area (Å²) in [6, 6.07) is 6.74. The maximum atomic E-state index is 6.36. The van der Waals surface area contributed by atoms with Gasteiger partial charge in [0.05, 0.1) is 11.6 Å². The maximum absolute atomic E-state index is 6.36. The van der Waals surface area contributed by atoms with Gasteiger partial charge >= 0.3 is 0 Å². The molecule has 1 aliphatic carbocycles. The van der Waals surface area contributed by atoms with Gasteiger partial charge in [-0.15, -0.1) is 11.3 Å². The second-order valence-corrected chi connectivity index (χ2v) is 6.23. The van der Waals surface area contributed by atoms with Crippen molar-refractivity contribution in [2.75, 3.05) is 4.90 Å². The van der Waals surface area contributed by atoms with Crippen LogP contribution in [-0.2, 0) is 13.1 Å². The van der Waals surface area contributed by atoms with Gasteiger partial charge in [0.2, 0.25) is 0 Å². The first kappa shape index (κ1) is 12.9. The highest BCUT2D eigenvalue weighted by Crippen LogP contribution is 2.36. The smallest absolute Gasteiger partial charge is 0.147 e. The average molecular weight is 294 g/mol. The van der Waals surface area contributed by atoms with E-state index < -0.39 is 0 Å². The van der Waals surface area contributed by atoms with Crippen molar-refractivity contribution in [3.05, 3.63) is 45.2 Å². The van der Waals surface area contributed by atoms with E-state index in [0.717, 1.165) is 17.9 Å². The predicted molar refractivity (Wildman–Crippen MR) is 80.7 cm³/mol. The van der Waals surface area contributed by atoms with Gasteiger partial charge in [0, 0.05) is 23.7 Å². The molecule has 0 aromatic carbocycles. The second kappa shape index (κ2) is 5.49. The summed E-state index contributed by atoms with van der Waals surface area (Å²) >= 11 is 8.13. The van der Waals surface area contributed by atoms with Crippen LogP contribution in [0.2, 0.25) is 5.02 Å². The zero-order valence-corrected chi connectivity index (χ0v) is 12.1. The van der Waals surface area contributed by atoms with Crippen molar-refractivity contribution in [1.82, 2.24) is 4.98 Å². The normalized spacial score (nSPS) is 14.6. The fourth-order valence-corrected chi connectivity index (χ4v) is 3.13. The van der Waals surface area contributed by atoms with Crippen LogP contribution in [0.1, 0.15) is 23.3 Å². The van der Waals surface area contributed by atoms with Crippen LogP contribution in [0.4, 0.5) is 5.82 Å². The number of halogens is 1. The van der Waals surface area contributed by atoms with E-state index in [9.17, 15) is 0 Å². The lowest BCUT2D eigenvalue weighted by molar-refractivity contribution is 0.785. The number of nitrogens with two attached hydrogens (primary N) is 1. The Balaban J connectivity index is 1.87. The van der Waals surface area contributed by atoms with Crippen molar-refractivity contribution in [3.8, 4) is 0 Å². The fourth-order valence-electron chi connectivity index (χ4n) is 2.13. The van der Waals surface area contributed by atoms with E-state index in [1.54, 1.807) is 11.3 Å². The van der Waals surface area contributed by atoms with Gasteiger partial charge in [-0.25, -0.2) is 4.98 Å². The van der Waals surface area contributed by atoms with E-state index >= 15 is 0 Å². The molecule has 0 spiro atoms. The third-order valence-electron chi connectivity index (χ3n) is 3.28. The molecule has 0 unspecified atom stereocenters. The summed E-state index contributed by atoms with van der Waals surface area (Å²) in [5, 5.41) is 2.80. The summed E-state index contributed by atoms with van der Waals surface area (Å²) in [4.78, 5) is 8.16. The van der Waals surface area contributed by atoms with E-state index in [0.29, 0.717) is 17.6 Å². The lowest BCUT2D eigenvalue weighted by Gasteiger charge is -2.24. The minimum absolute atomic E-state index is 0.474. The van der Waals surface area contributed by atoms with Gasteiger partial charge in [0.25, 0.3) is 0 Å². The van der Waals surface area contributed by atoms with Crippen molar-refractivity contribution in [1.29, 1.82) is 0 Å². The van der Waals surface area contributed by atoms with Crippen molar-refractivity contribution in [2.45, 2.75) is 32.0 Å². The summed E-state index contributed by atoms with van der Waals surface area (Å²) < 4.78 is 0. The lowest BCUT2D eigenvalue weighted by Crippen LogP contribution is -2.26. The van der Waals surface area contributed by atoms with Crippen LogP contribution in [0.5, 0.6) is 0 Å². The van der Waals surface area contributed by atoms with Gasteiger partial charge in [-0.05, 0) is 35.9 Å². The third kappa shape index (κ3) is 2.91. The Labute approximate surface area is 122 Å². The van der Waals surface area contributed by atoms with Gasteiger partial charge in [-0.1, -0.05) is 17.7 Å². The standard InChI is InChI=1S/C14H16ClN3S/c15-13-6-10(7-16)8-17-14(13)18(11-3-4-11)9-12-2-1-5-19-12/h1-2,5-6,8,11H,3-4,7,9,16H2. The molecule has 2 aromatic heterocycles. The van der Waals surface area contributed by atoms with Crippen LogP contribution in [0.15, 0.2) is 29.8 Å². The van der Waals surface area contributed by atoms with Gasteiger partial charge < -0.3 is 10.6 Å². The van der Waals surface area contributed by atoms with Crippen molar-refractivity contribution in [3.63, 3.8) is 0 Å². The minimum Gasteiger partial charge on any atom is -0.347 e. The fraction of sp³-hybridized carbons (Fsp3) is 0.357. The highest BCUT2D eigenvalue weighted by atomic mass is 35.5. The highest BCUT2D eigenvalue weighted by molar-refractivity contribution is 7.09. The SMILES string of the molecule is NCc1cnc(N(Cc2cccs2)C2CC2)c(Cl)c1. The zero-order chi connectivity index (χ0) is 13.2. The molecule has 0 saturated heterocycles. The van der Waals surface area contributed by atoms with E-state index in [4.69, 9.17) is 17.3 Å². The van der Waals surface area contributed by atoms with E-state index in [1.807, 2.05) is 12.3 Å². The van der Waals surface area contributed by atoms with Crippen molar-refractivity contribution >= 4 is 28.8 Å². The first-order valence-electron chi connectivity index (χ1n) is 6.41. The summed E-state index contributed by atoms with van der Waals surface area (Å²) in [5.74, 6) is 0.884. The molecule has 0 aliphatic heterocycles. The molecule has 3 rings (SSSR count). The Kier molecular flexibility index (Phi) is 3.73. The molecule has 5 heteroatoms. The highest BCUT2D eigenvalue weighted by Gasteiger charge is 2.31. The molecule has 0 radical (unpaired) electrons. The molecule has 0 amide bonds. The van der Waals surface area contributed by atoms with Crippen LogP contribution in [0.3, 0.4) is 0 Å². The van der Waals surface area contributed by atoms with Crippen LogP contribution in [-0.4, -0.2) is 11.0 Å². The molecular weight excluding hydrogens is 278 g/mol. The molecule has 1 saturated carbocycles. The molecule has 100 valence electrons. The predicted octanol–water partition coefficient (Wildman–Crippen LogP) is 3.42. The van der Waals surface area contributed by atoms with E-state index in [1.165, 1.54) is 17.7 Å². The van der Waals surface area contributed by atoms with Gasteiger partial charge in [-0.2, -0.15) is 0 Å². The molecule has 0 atom stereocenters. The number of rotatable bonds is 5. The Morgan fingerprint density at radius 2 is 2.32 bits per heavy atom. The first-order valence-corrected chi connectivity index (χ1v) is 7.67. The molecule has 1 fully saturated rings. The average Bonchev–Trinajstić information content (AvgIpc) is 3.14. The largest absolute Gasteiger partial charge is 0.347 e. The molecule has 2 heterocycles. The summed E-state index contributed by atoms with van der Waals surface area (Å²) in [6.07, 6.45) is 4.27. The molecule has 19 heavy (non-hydrogen) atoms. The zero-order valence-electron chi connectivity index (χ0n) is 10.6. The number of anilines is 1. The van der Waals surface area contributed by atoms with Crippen LogP contribution < -0.4 is 10.6 Å². The minimum atomic E-state index is 0.474. The van der Waals surface area contributed by atoms with Crippen LogP contribution in [0, 0.1) is 0 Å². The summed E-state index contributed by atoms with van der Waals surface area (Å²) in [5.41, 5.74) is 6.59. The van der Waals surface area contributed by atoms with Gasteiger partial charge in [0.15, 0.2) is 0 Å². The number of thiophene rings is 1. The van der Waals surface area contributed by atoms with Crippen LogP contribution in [0.25, 0.3) is 0 Å². The Bertz CT molecular complexity index is 552. The molecule has 3 nitrogen and oxygen atoms in total. The Morgan fingerprint density at radius 3 is 2.89 bits per heavy atom. The maximum Gasteiger partial charge on any atom is 0.147 e. The van der Waals surface area contributed by atoms with Gasteiger partial charge in [0.1, 0.15) is 5.82 Å². The third-order valence-corrected chi connectivity index (χ3v) is 4.42. The lowest BCUT2D eigenvalue weighted by atomic mass is 10.2. The molecule has 0 bridgehead atoms. The quantitative estimate of drug-likeness (QED) is 0.918. The summed E-state index contributed by atoms with van der Waals surface area (Å²) in [7, 11) is 0. The molecule has 2 N–H and O–H groups in total. The van der Waals surface area contributed by atoms with E-state index in [2.05, 4.69) is 27.4 Å². The Hall–Kier alpha value is -1.10. The second-order valence-electron chi connectivity index (χ2n) is 4.79. The topological polar surface area (TPSA) is 42.1 Å². The van der Waals surface area contributed by atoms with Crippen LogP contribution >= 0.6 is 22.9 Å². The molecule has 2 aromatic rings. The number of aromatic nitrogens is 1. The number of hydrogen-bond donors (Lipinski definition) is 1. The molecule has 1 aliphatic rings. The number of pyridine rings is 1. The Morgan fingerprint density at radius 1 is 1.47 bits per heavy atom. The first-order chi connectivity index (χ1) is 9.28. The van der Waals surface area contributed by atoms with Crippen molar-refractivity contribution in [2.24, 2.45) is 5.73 Å². The monoisotopic (exact) mass is 293 g/mol. The number of nitrogens with zero attached hydrogens (tertiary/aromatic N) is 2.